The van der Waals surface area contributed by atoms with Crippen LogP contribution in [0.15, 0.2) is 0 Å². The molecule has 3 atom stereocenters. The molecule has 94 valence electrons. The maximum atomic E-state index is 11.3. The topological polar surface area (TPSA) is 150 Å². The fourth-order valence-electron chi connectivity index (χ4n) is 0.573. The van der Waals surface area contributed by atoms with Gasteiger partial charge in [0.15, 0.2) is 0 Å². The summed E-state index contributed by atoms with van der Waals surface area (Å²) in [6, 6.07) is 0. The van der Waals surface area contributed by atoms with Gasteiger partial charge in [-0.15, -0.1) is 0 Å². The minimum absolute atomic E-state index is 0. The van der Waals surface area contributed by atoms with E-state index in [9.17, 15) is 9.36 Å². The fraction of sp³-hybridized carbons (Fsp3) is 0.833. The van der Waals surface area contributed by atoms with Gasteiger partial charge in [0.1, 0.15) is 6.10 Å². The van der Waals surface area contributed by atoms with E-state index in [4.69, 9.17) is 26.2 Å². The van der Waals surface area contributed by atoms with E-state index in [1.807, 2.05) is 0 Å². The molecule has 0 fully saturated rings. The summed E-state index contributed by atoms with van der Waals surface area (Å²) in [6.07, 6.45) is -1.27. The standard InChI is InChI=1S/C6H14NO7P.Ca.2H/c7-6(3-9,5(11)12)15(13)14-2-4(10)1-8;;;/h4,8-10,15H,1-3,7H2,(H,11,12);;;/t4?,6-;;;/m1.../s1. The molecular weight excluding hydrogens is 269 g/mol. The molecule has 8 nitrogen and oxygen atoms in total. The first kappa shape index (κ1) is 19.1. The van der Waals surface area contributed by atoms with Crippen molar-refractivity contribution in [3.63, 3.8) is 0 Å². The summed E-state index contributed by atoms with van der Waals surface area (Å²) in [6.45, 7) is -2.17. The van der Waals surface area contributed by atoms with Gasteiger partial charge >= 0.3 is 43.7 Å². The Morgan fingerprint density at radius 1 is 1.50 bits per heavy atom. The Bertz CT molecular complexity index is 253. The summed E-state index contributed by atoms with van der Waals surface area (Å²) in [5.74, 6) is -1.66. The van der Waals surface area contributed by atoms with E-state index in [-0.39, 0.29) is 37.7 Å². The Balaban J connectivity index is 0. The molecule has 16 heavy (non-hydrogen) atoms. The number of hydrogen-bond acceptors (Lipinski definition) is 7. The summed E-state index contributed by atoms with van der Waals surface area (Å²) in [5, 5.41) is 32.1. The van der Waals surface area contributed by atoms with Crippen molar-refractivity contribution in [1.29, 1.82) is 0 Å². The second-order valence-corrected chi connectivity index (χ2v) is 4.63. The van der Waals surface area contributed by atoms with Crippen LogP contribution in [0.1, 0.15) is 0 Å². The summed E-state index contributed by atoms with van der Waals surface area (Å²) in [7, 11) is -3.27. The molecule has 0 radical (unpaired) electrons. The van der Waals surface area contributed by atoms with Crippen LogP contribution >= 0.6 is 8.03 Å². The van der Waals surface area contributed by atoms with Crippen LogP contribution < -0.4 is 5.73 Å². The summed E-state index contributed by atoms with van der Waals surface area (Å²) < 4.78 is 15.7. The second kappa shape index (κ2) is 8.79. The molecule has 0 bridgehead atoms. The van der Waals surface area contributed by atoms with E-state index in [0.29, 0.717) is 0 Å². The number of rotatable bonds is 7. The average molecular weight is 285 g/mol. The first-order valence-electron chi connectivity index (χ1n) is 3.97. The Kier molecular flexibility index (Phi) is 10.5. The van der Waals surface area contributed by atoms with E-state index in [0.717, 1.165) is 0 Å². The first-order chi connectivity index (χ1) is 6.88. The zero-order valence-corrected chi connectivity index (χ0v) is 8.79. The number of aliphatic hydroxyl groups excluding tert-OH is 3. The Morgan fingerprint density at radius 3 is 2.31 bits per heavy atom. The van der Waals surface area contributed by atoms with Gasteiger partial charge in [0, 0.05) is 0 Å². The molecule has 0 aliphatic rings. The molecule has 0 saturated heterocycles. The van der Waals surface area contributed by atoms with Gasteiger partial charge in [-0.2, -0.15) is 0 Å². The van der Waals surface area contributed by atoms with Crippen molar-refractivity contribution >= 4 is 51.7 Å². The number of nitrogens with two attached hydrogens (primary N) is 1. The van der Waals surface area contributed by atoms with E-state index in [1.165, 1.54) is 0 Å². The van der Waals surface area contributed by atoms with Crippen LogP contribution in [-0.2, 0) is 13.9 Å². The number of carbonyl (C=O) groups is 1. The SMILES string of the molecule is N[C@@](CO)(C(=O)O)[PH](=O)OCC(O)CO.[CaH2]. The molecular formula is C6H16CaNO7P. The van der Waals surface area contributed by atoms with Crippen LogP contribution in [0.3, 0.4) is 0 Å². The van der Waals surface area contributed by atoms with Crippen LogP contribution in [0, 0.1) is 0 Å². The molecule has 2 unspecified atom stereocenters. The monoisotopic (exact) mass is 285 g/mol. The third-order valence-corrected chi connectivity index (χ3v) is 3.14. The van der Waals surface area contributed by atoms with E-state index in [2.05, 4.69) is 4.52 Å². The molecule has 0 aromatic rings. The number of carboxylic acids is 1. The molecule has 0 aromatic heterocycles. The van der Waals surface area contributed by atoms with Gasteiger partial charge < -0.3 is 30.7 Å². The summed E-state index contributed by atoms with van der Waals surface area (Å²) in [5.41, 5.74) is 5.13. The average Bonchev–Trinajstić information content (AvgIpc) is 2.23. The van der Waals surface area contributed by atoms with Crippen molar-refractivity contribution in [2.24, 2.45) is 5.73 Å². The number of aliphatic hydroxyl groups is 3. The number of aliphatic carboxylic acids is 1. The summed E-state index contributed by atoms with van der Waals surface area (Å²) in [4.78, 5) is 10.6. The van der Waals surface area contributed by atoms with E-state index >= 15 is 0 Å². The van der Waals surface area contributed by atoms with Gasteiger partial charge in [-0.1, -0.05) is 0 Å². The minimum atomic E-state index is -3.27. The molecule has 0 spiro atoms. The third kappa shape index (κ3) is 5.39. The van der Waals surface area contributed by atoms with E-state index < -0.39 is 45.2 Å². The molecule has 0 amide bonds. The molecule has 0 heterocycles. The number of carboxylic acid groups (broad SMARTS) is 1. The first-order valence-corrected chi connectivity index (χ1v) is 5.29. The quantitative estimate of drug-likeness (QED) is 0.240. The van der Waals surface area contributed by atoms with Crippen molar-refractivity contribution in [1.82, 2.24) is 0 Å². The molecule has 6 N–H and O–H groups in total. The number of hydrogen-bond donors (Lipinski definition) is 5. The maximum absolute atomic E-state index is 11.3. The normalized spacial score (nSPS) is 18.0. The molecule has 0 saturated carbocycles. The predicted octanol–water partition coefficient (Wildman–Crippen LogP) is -3.35. The third-order valence-electron chi connectivity index (χ3n) is 1.61. The van der Waals surface area contributed by atoms with Gasteiger partial charge in [0.25, 0.3) is 0 Å². The van der Waals surface area contributed by atoms with Gasteiger partial charge in [0.05, 0.1) is 19.8 Å². The van der Waals surface area contributed by atoms with Gasteiger partial charge in [-0.3, -0.25) is 4.57 Å². The Labute approximate surface area is 122 Å². The summed E-state index contributed by atoms with van der Waals surface area (Å²) >= 11 is 0. The van der Waals surface area contributed by atoms with Crippen LogP contribution in [-0.4, -0.2) is 95.3 Å². The zero-order chi connectivity index (χ0) is 12.1. The zero-order valence-electron chi connectivity index (χ0n) is 7.79. The molecule has 0 aromatic carbocycles. The molecule has 0 aliphatic carbocycles. The van der Waals surface area contributed by atoms with Crippen LogP contribution in [0.25, 0.3) is 0 Å². The van der Waals surface area contributed by atoms with Gasteiger partial charge in [-0.25, -0.2) is 4.79 Å². The second-order valence-electron chi connectivity index (χ2n) is 2.87. The van der Waals surface area contributed by atoms with Gasteiger partial charge in [-0.05, 0) is 0 Å². The van der Waals surface area contributed by atoms with Crippen molar-refractivity contribution in [3.8, 4) is 0 Å². The van der Waals surface area contributed by atoms with Crippen LogP contribution in [0.5, 0.6) is 0 Å². The van der Waals surface area contributed by atoms with Crippen molar-refractivity contribution in [3.05, 3.63) is 0 Å². The van der Waals surface area contributed by atoms with Crippen molar-refractivity contribution in [2.45, 2.75) is 11.4 Å². The Morgan fingerprint density at radius 2 is 2.00 bits per heavy atom. The predicted molar refractivity (Wildman–Crippen MR) is 58.2 cm³/mol. The fourth-order valence-corrected chi connectivity index (χ4v) is 1.48. The van der Waals surface area contributed by atoms with Crippen LogP contribution in [0.4, 0.5) is 0 Å². The molecule has 10 heteroatoms. The Hall–Kier alpha value is 0.760. The van der Waals surface area contributed by atoms with Crippen LogP contribution in [0.2, 0.25) is 0 Å². The van der Waals surface area contributed by atoms with Crippen molar-refractivity contribution in [2.75, 3.05) is 19.8 Å². The van der Waals surface area contributed by atoms with Crippen molar-refractivity contribution < 1.29 is 34.3 Å². The van der Waals surface area contributed by atoms with Gasteiger partial charge in [0.2, 0.25) is 13.3 Å². The molecule has 0 rings (SSSR count). The van der Waals surface area contributed by atoms with E-state index in [1.54, 1.807) is 0 Å². The molecule has 0 aliphatic heterocycles.